The molecule has 186 valence electrons. The maximum Gasteiger partial charge on any atom is 0.267 e. The van der Waals surface area contributed by atoms with Crippen molar-refractivity contribution in [3.63, 3.8) is 0 Å². The van der Waals surface area contributed by atoms with Gasteiger partial charge in [-0.15, -0.1) is 10.2 Å². The summed E-state index contributed by atoms with van der Waals surface area (Å²) in [4.78, 5) is 27.3. The Hall–Kier alpha value is -4.31. The minimum Gasteiger partial charge on any atom is -0.420 e. The first-order chi connectivity index (χ1) is 18.0. The van der Waals surface area contributed by atoms with Gasteiger partial charge in [0.05, 0.1) is 27.7 Å². The summed E-state index contributed by atoms with van der Waals surface area (Å²) in [5.74, 6) is 2.24. The molecule has 1 aliphatic rings. The van der Waals surface area contributed by atoms with Crippen LogP contribution in [0.25, 0.3) is 28.0 Å². The number of rotatable bonds is 7. The Morgan fingerprint density at radius 3 is 2.70 bits per heavy atom. The molecule has 6 rings (SSSR count). The molecule has 2 aromatic carbocycles. The molecule has 1 aliphatic carbocycles. The predicted molar refractivity (Wildman–Crippen MR) is 141 cm³/mol. The molecule has 0 bridgehead atoms. The fourth-order valence-electron chi connectivity index (χ4n) is 4.33. The zero-order valence-electron chi connectivity index (χ0n) is 19.9. The second kappa shape index (κ2) is 9.29. The lowest BCUT2D eigenvalue weighted by molar-refractivity contribution is 0.508. The molecule has 0 unspecified atom stereocenters. The molecule has 1 fully saturated rings. The highest BCUT2D eigenvalue weighted by Crippen LogP contribution is 2.41. The molecule has 0 radical (unpaired) electrons. The Bertz CT molecular complexity index is 1660. The van der Waals surface area contributed by atoms with E-state index < -0.39 is 6.04 Å². The topological polar surface area (TPSA) is 138 Å². The minimum atomic E-state index is -0.435. The predicted octanol–water partition coefficient (Wildman–Crippen LogP) is 4.90. The van der Waals surface area contributed by atoms with Gasteiger partial charge < -0.3 is 15.5 Å². The molecule has 0 amide bonds. The highest BCUT2D eigenvalue weighted by molar-refractivity contribution is 6.35. The third kappa shape index (κ3) is 4.19. The van der Waals surface area contributed by atoms with Gasteiger partial charge in [0.2, 0.25) is 5.89 Å². The van der Waals surface area contributed by atoms with Gasteiger partial charge in [0.15, 0.2) is 0 Å². The molecule has 0 spiro atoms. The summed E-state index contributed by atoms with van der Waals surface area (Å²) in [7, 11) is 0. The Kier molecular flexibility index (Phi) is 5.80. The normalized spacial score (nSPS) is 14.1. The Morgan fingerprint density at radius 1 is 1.14 bits per heavy atom. The van der Waals surface area contributed by atoms with Crippen LogP contribution in [-0.2, 0) is 0 Å². The van der Waals surface area contributed by atoms with Crippen LogP contribution < -0.4 is 16.6 Å². The summed E-state index contributed by atoms with van der Waals surface area (Å²) in [5.41, 5.74) is 7.58. The molecule has 5 aromatic rings. The van der Waals surface area contributed by atoms with Crippen molar-refractivity contribution < 1.29 is 4.42 Å². The monoisotopic (exact) mass is 514 g/mol. The van der Waals surface area contributed by atoms with Gasteiger partial charge in [0, 0.05) is 5.92 Å². The van der Waals surface area contributed by atoms with Gasteiger partial charge in [0.25, 0.3) is 11.4 Å². The summed E-state index contributed by atoms with van der Waals surface area (Å²) >= 11 is 6.43. The van der Waals surface area contributed by atoms with Gasteiger partial charge in [0.1, 0.15) is 29.4 Å². The molecule has 0 saturated heterocycles. The van der Waals surface area contributed by atoms with Crippen LogP contribution in [0.3, 0.4) is 0 Å². The van der Waals surface area contributed by atoms with Crippen LogP contribution >= 0.6 is 11.6 Å². The number of nitrogens with two attached hydrogens (primary N) is 1. The summed E-state index contributed by atoms with van der Waals surface area (Å²) in [6, 6.07) is 14.1. The van der Waals surface area contributed by atoms with Crippen LogP contribution in [0.15, 0.2) is 64.1 Å². The second-order valence-corrected chi connectivity index (χ2v) is 9.29. The van der Waals surface area contributed by atoms with Crippen molar-refractivity contribution in [2.75, 3.05) is 11.1 Å². The third-order valence-corrected chi connectivity index (χ3v) is 6.69. The van der Waals surface area contributed by atoms with E-state index in [2.05, 4.69) is 25.5 Å². The van der Waals surface area contributed by atoms with E-state index in [9.17, 15) is 4.79 Å². The molecule has 3 aromatic heterocycles. The molecule has 3 N–H and O–H groups in total. The second-order valence-electron chi connectivity index (χ2n) is 8.89. The van der Waals surface area contributed by atoms with Crippen molar-refractivity contribution in [2.24, 2.45) is 0 Å². The van der Waals surface area contributed by atoms with Gasteiger partial charge in [-0.05, 0) is 43.5 Å². The molecule has 10 nitrogen and oxygen atoms in total. The number of halogens is 1. The lowest BCUT2D eigenvalue weighted by atomic mass is 10.1. The first-order valence-corrected chi connectivity index (χ1v) is 12.4. The average Bonchev–Trinajstić information content (AvgIpc) is 3.65. The standard InChI is InChI=1S/C26H23ClN8O2/c1-2-17(31-22-20(21(28)29-13-30-22)25-34-33-24(37-25)14-11-12-14)23-32-18-10-6-9-16(27)19(18)26(36)35(23)15-7-4-3-5-8-15/h3-10,13-14,17H,2,11-12H2,1H3,(H3,28,29,30,31)/t17-/m0/s1. The number of hydrogen-bond acceptors (Lipinski definition) is 9. The summed E-state index contributed by atoms with van der Waals surface area (Å²) in [6.07, 6.45) is 4.00. The number of fused-ring (bicyclic) bond motifs is 1. The summed E-state index contributed by atoms with van der Waals surface area (Å²) < 4.78 is 7.49. The lowest BCUT2D eigenvalue weighted by Gasteiger charge is -2.23. The van der Waals surface area contributed by atoms with Crippen LogP contribution in [0.1, 0.15) is 49.9 Å². The number of nitrogens with zero attached hydrogens (tertiary/aromatic N) is 6. The van der Waals surface area contributed by atoms with E-state index in [1.807, 2.05) is 37.3 Å². The number of nitrogen functional groups attached to an aromatic ring is 1. The lowest BCUT2D eigenvalue weighted by Crippen LogP contribution is -2.28. The van der Waals surface area contributed by atoms with Crippen LogP contribution in [0, 0.1) is 0 Å². The fraction of sp³-hybridized carbons (Fsp3) is 0.231. The van der Waals surface area contributed by atoms with Crippen LogP contribution in [0.4, 0.5) is 11.6 Å². The largest absolute Gasteiger partial charge is 0.420 e. The van der Waals surface area contributed by atoms with E-state index in [0.29, 0.717) is 57.0 Å². The molecule has 1 atom stereocenters. The number of para-hydroxylation sites is 1. The Labute approximate surface area is 216 Å². The molecular weight excluding hydrogens is 492 g/mol. The zero-order chi connectivity index (χ0) is 25.5. The van der Waals surface area contributed by atoms with E-state index in [0.717, 1.165) is 12.8 Å². The van der Waals surface area contributed by atoms with Crippen molar-refractivity contribution in [2.45, 2.75) is 38.1 Å². The van der Waals surface area contributed by atoms with E-state index in [-0.39, 0.29) is 17.3 Å². The Morgan fingerprint density at radius 2 is 1.95 bits per heavy atom. The van der Waals surface area contributed by atoms with E-state index in [4.69, 9.17) is 26.7 Å². The van der Waals surface area contributed by atoms with Crippen LogP contribution in [-0.4, -0.2) is 29.7 Å². The Balaban J connectivity index is 1.50. The summed E-state index contributed by atoms with van der Waals surface area (Å²) in [6.45, 7) is 1.99. The number of hydrogen-bond donors (Lipinski definition) is 2. The number of benzene rings is 2. The molecule has 37 heavy (non-hydrogen) atoms. The van der Waals surface area contributed by atoms with E-state index in [1.54, 1.807) is 22.8 Å². The molecular formula is C26H23ClN8O2. The maximum atomic E-state index is 13.8. The van der Waals surface area contributed by atoms with Crippen LogP contribution in [0.5, 0.6) is 0 Å². The van der Waals surface area contributed by atoms with E-state index in [1.165, 1.54) is 6.33 Å². The zero-order valence-corrected chi connectivity index (χ0v) is 20.7. The molecule has 11 heteroatoms. The molecule has 1 saturated carbocycles. The molecule has 0 aliphatic heterocycles. The van der Waals surface area contributed by atoms with Crippen molar-refractivity contribution in [3.05, 3.63) is 81.9 Å². The number of nitrogens with one attached hydrogen (secondary N) is 1. The first-order valence-electron chi connectivity index (χ1n) is 12.0. The quantitative estimate of drug-likeness (QED) is 0.310. The number of aromatic nitrogens is 6. The van der Waals surface area contributed by atoms with Crippen molar-refractivity contribution in [1.29, 1.82) is 0 Å². The third-order valence-electron chi connectivity index (χ3n) is 6.38. The van der Waals surface area contributed by atoms with Gasteiger partial charge in [-0.25, -0.2) is 15.0 Å². The van der Waals surface area contributed by atoms with Gasteiger partial charge >= 0.3 is 0 Å². The van der Waals surface area contributed by atoms with Crippen molar-refractivity contribution in [3.8, 4) is 17.1 Å². The highest BCUT2D eigenvalue weighted by Gasteiger charge is 2.31. The molecule has 3 heterocycles. The van der Waals surface area contributed by atoms with Crippen molar-refractivity contribution >= 4 is 34.1 Å². The SMILES string of the molecule is CC[C@H](Nc1ncnc(N)c1-c1nnc(C2CC2)o1)c1nc2cccc(Cl)c2c(=O)n1-c1ccccc1. The van der Waals surface area contributed by atoms with Crippen molar-refractivity contribution in [1.82, 2.24) is 29.7 Å². The first kappa shape index (κ1) is 23.1. The van der Waals surface area contributed by atoms with E-state index >= 15 is 0 Å². The average molecular weight is 515 g/mol. The fourth-order valence-corrected chi connectivity index (χ4v) is 4.58. The number of anilines is 2. The van der Waals surface area contributed by atoms with Gasteiger partial charge in [-0.1, -0.05) is 42.8 Å². The minimum absolute atomic E-state index is 0.206. The maximum absolute atomic E-state index is 13.8. The van der Waals surface area contributed by atoms with Crippen LogP contribution in [0.2, 0.25) is 5.02 Å². The van der Waals surface area contributed by atoms with Gasteiger partial charge in [-0.3, -0.25) is 9.36 Å². The smallest absolute Gasteiger partial charge is 0.267 e. The summed E-state index contributed by atoms with van der Waals surface area (Å²) in [5, 5.41) is 12.5. The van der Waals surface area contributed by atoms with Gasteiger partial charge in [-0.2, -0.15) is 0 Å². The highest BCUT2D eigenvalue weighted by atomic mass is 35.5.